The summed E-state index contributed by atoms with van der Waals surface area (Å²) in [6, 6.07) is 15.5. The number of thioether (sulfide) groups is 1. The molecular formula is C26H26ClN7O3S. The van der Waals surface area contributed by atoms with Crippen LogP contribution in [0.25, 0.3) is 22.3 Å². The molecule has 0 radical (unpaired) electrons. The Morgan fingerprint density at radius 2 is 1.82 bits per heavy atom. The monoisotopic (exact) mass is 551 g/mol. The quantitative estimate of drug-likeness (QED) is 0.241. The van der Waals surface area contributed by atoms with Crippen LogP contribution in [0.5, 0.6) is 0 Å². The molecule has 12 heteroatoms. The van der Waals surface area contributed by atoms with E-state index in [2.05, 4.69) is 25.8 Å². The van der Waals surface area contributed by atoms with Crippen LogP contribution in [0.4, 0.5) is 11.6 Å². The number of fused-ring (bicyclic) bond motifs is 2. The summed E-state index contributed by atoms with van der Waals surface area (Å²) in [5, 5.41) is 1.34. The first-order valence-corrected chi connectivity index (χ1v) is 13.8. The Kier molecular flexibility index (Phi) is 6.62. The lowest BCUT2D eigenvalue weighted by Gasteiger charge is -2.36. The van der Waals surface area contributed by atoms with E-state index in [9.17, 15) is 9.59 Å². The molecule has 1 aliphatic rings. The van der Waals surface area contributed by atoms with Crippen LogP contribution in [0.1, 0.15) is 6.42 Å². The average molecular weight is 552 g/mol. The highest BCUT2D eigenvalue weighted by atomic mass is 35.5. The first-order chi connectivity index (χ1) is 18.5. The Morgan fingerprint density at radius 1 is 1.03 bits per heavy atom. The zero-order valence-corrected chi connectivity index (χ0v) is 22.3. The van der Waals surface area contributed by atoms with Crippen molar-refractivity contribution in [1.29, 1.82) is 0 Å². The first-order valence-electron chi connectivity index (χ1n) is 12.4. The van der Waals surface area contributed by atoms with Gasteiger partial charge in [-0.05, 0) is 36.8 Å². The average Bonchev–Trinajstić information content (AvgIpc) is 3.52. The number of para-hydroxylation sites is 2. The van der Waals surface area contributed by atoms with Gasteiger partial charge in [-0.25, -0.2) is 9.78 Å². The lowest BCUT2D eigenvalue weighted by molar-refractivity contribution is 0.489. The number of hydrogen-bond acceptors (Lipinski definition) is 8. The molecule has 196 valence electrons. The Hall–Kier alpha value is -3.70. The van der Waals surface area contributed by atoms with Crippen molar-refractivity contribution in [3.05, 3.63) is 74.4 Å². The third-order valence-electron chi connectivity index (χ3n) is 6.75. The van der Waals surface area contributed by atoms with Crippen molar-refractivity contribution >= 4 is 57.3 Å². The number of halogens is 1. The number of H-pyrrole nitrogens is 1. The van der Waals surface area contributed by atoms with Gasteiger partial charge in [0.15, 0.2) is 16.7 Å². The second-order valence-corrected chi connectivity index (χ2v) is 10.6. The number of hydrogen-bond donors (Lipinski definition) is 1. The number of nitrogens with zero attached hydrogens (tertiary/aromatic N) is 6. The number of oxazole rings is 1. The Morgan fingerprint density at radius 3 is 2.61 bits per heavy atom. The van der Waals surface area contributed by atoms with Crippen LogP contribution >= 0.6 is 23.4 Å². The Bertz CT molecular complexity index is 1700. The maximum absolute atomic E-state index is 12.9. The van der Waals surface area contributed by atoms with E-state index in [0.717, 1.165) is 55.1 Å². The third kappa shape index (κ3) is 4.67. The molecule has 5 aromatic rings. The number of aromatic amines is 1. The Labute approximate surface area is 226 Å². The number of imidazole rings is 1. The number of aromatic nitrogens is 5. The zero-order chi connectivity index (χ0) is 26.2. The van der Waals surface area contributed by atoms with Crippen LogP contribution in [0.2, 0.25) is 5.02 Å². The summed E-state index contributed by atoms with van der Waals surface area (Å²) in [6.45, 7) is 3.58. The van der Waals surface area contributed by atoms with Gasteiger partial charge in [0, 0.05) is 56.2 Å². The minimum absolute atomic E-state index is 0.387. The fourth-order valence-electron chi connectivity index (χ4n) is 4.81. The summed E-state index contributed by atoms with van der Waals surface area (Å²) in [5.74, 6) is 1.45. The molecule has 10 nitrogen and oxygen atoms in total. The number of piperazine rings is 1. The Balaban J connectivity index is 1.23. The van der Waals surface area contributed by atoms with E-state index in [1.54, 1.807) is 7.05 Å². The second-order valence-electron chi connectivity index (χ2n) is 9.16. The summed E-state index contributed by atoms with van der Waals surface area (Å²) in [6.07, 6.45) is 0.757. The van der Waals surface area contributed by atoms with E-state index in [1.807, 2.05) is 47.0 Å². The van der Waals surface area contributed by atoms with Gasteiger partial charge in [0.2, 0.25) is 5.95 Å². The number of rotatable bonds is 7. The lowest BCUT2D eigenvalue weighted by atomic mass is 10.2. The second kappa shape index (κ2) is 10.2. The predicted octanol–water partition coefficient (Wildman–Crippen LogP) is 3.73. The highest BCUT2D eigenvalue weighted by Crippen LogP contribution is 2.27. The molecule has 2 aromatic carbocycles. The van der Waals surface area contributed by atoms with Gasteiger partial charge in [-0.3, -0.25) is 14.3 Å². The van der Waals surface area contributed by atoms with Crippen LogP contribution in [-0.4, -0.2) is 56.0 Å². The standard InChI is InChI=1S/C26H26ClN7O3S/c1-31-22-21(23(35)30-25(31)36)34(10-5-15-38-26-28-19-8-2-3-9-20(19)37-26)24(29-22)33-13-11-32(12-14-33)18-7-4-6-17(27)16-18/h2-4,6-9,16H,5,10-15H2,1H3,(H,30,35,36). The number of benzene rings is 2. The maximum atomic E-state index is 12.9. The van der Waals surface area contributed by atoms with Gasteiger partial charge in [-0.15, -0.1) is 0 Å². The van der Waals surface area contributed by atoms with Crippen molar-refractivity contribution in [3.8, 4) is 0 Å². The van der Waals surface area contributed by atoms with Crippen LogP contribution in [0.15, 0.2) is 67.8 Å². The maximum Gasteiger partial charge on any atom is 0.329 e. The van der Waals surface area contributed by atoms with Gasteiger partial charge < -0.3 is 18.8 Å². The molecule has 1 fully saturated rings. The van der Waals surface area contributed by atoms with E-state index < -0.39 is 11.2 Å². The van der Waals surface area contributed by atoms with Gasteiger partial charge in [0.25, 0.3) is 10.8 Å². The van der Waals surface area contributed by atoms with Crippen molar-refractivity contribution in [2.45, 2.75) is 18.2 Å². The molecule has 6 rings (SSSR count). The summed E-state index contributed by atoms with van der Waals surface area (Å²) in [4.78, 5) is 41.4. The molecule has 1 N–H and O–H groups in total. The minimum atomic E-state index is -0.476. The fourth-order valence-corrected chi connectivity index (χ4v) is 5.75. The molecule has 0 amide bonds. The van der Waals surface area contributed by atoms with Crippen molar-refractivity contribution in [2.75, 3.05) is 41.7 Å². The molecule has 0 atom stereocenters. The van der Waals surface area contributed by atoms with E-state index >= 15 is 0 Å². The van der Waals surface area contributed by atoms with Crippen molar-refractivity contribution in [3.63, 3.8) is 0 Å². The normalized spacial score (nSPS) is 14.2. The van der Waals surface area contributed by atoms with Crippen molar-refractivity contribution in [2.24, 2.45) is 7.05 Å². The van der Waals surface area contributed by atoms with Crippen LogP contribution in [-0.2, 0) is 13.6 Å². The van der Waals surface area contributed by atoms with E-state index in [0.29, 0.717) is 33.9 Å². The minimum Gasteiger partial charge on any atom is -0.431 e. The largest absolute Gasteiger partial charge is 0.431 e. The third-order valence-corrected chi connectivity index (χ3v) is 7.90. The molecule has 3 aromatic heterocycles. The number of aryl methyl sites for hydroxylation is 2. The molecule has 1 aliphatic heterocycles. The number of anilines is 2. The molecule has 38 heavy (non-hydrogen) atoms. The molecule has 1 saturated heterocycles. The summed E-state index contributed by atoms with van der Waals surface area (Å²) < 4.78 is 9.15. The van der Waals surface area contributed by atoms with Crippen LogP contribution in [0, 0.1) is 0 Å². The van der Waals surface area contributed by atoms with Gasteiger partial charge in [-0.2, -0.15) is 4.98 Å². The van der Waals surface area contributed by atoms with Crippen molar-refractivity contribution in [1.82, 2.24) is 24.1 Å². The highest BCUT2D eigenvalue weighted by Gasteiger charge is 2.25. The molecule has 0 aliphatic carbocycles. The van der Waals surface area contributed by atoms with Gasteiger partial charge >= 0.3 is 5.69 Å². The lowest BCUT2D eigenvalue weighted by Crippen LogP contribution is -2.47. The van der Waals surface area contributed by atoms with E-state index in [4.69, 9.17) is 21.0 Å². The van der Waals surface area contributed by atoms with Crippen LogP contribution in [0.3, 0.4) is 0 Å². The number of nitrogens with one attached hydrogen (secondary N) is 1. The highest BCUT2D eigenvalue weighted by molar-refractivity contribution is 7.99. The summed E-state index contributed by atoms with van der Waals surface area (Å²) >= 11 is 7.73. The summed E-state index contributed by atoms with van der Waals surface area (Å²) in [7, 11) is 1.63. The molecule has 0 unspecified atom stereocenters. The molecule has 0 bridgehead atoms. The van der Waals surface area contributed by atoms with Crippen LogP contribution < -0.4 is 21.0 Å². The van der Waals surface area contributed by atoms with E-state index in [-0.39, 0.29) is 0 Å². The fraction of sp³-hybridized carbons (Fsp3) is 0.308. The van der Waals surface area contributed by atoms with Crippen molar-refractivity contribution < 1.29 is 4.42 Å². The molecule has 4 heterocycles. The predicted molar refractivity (Wildman–Crippen MR) is 151 cm³/mol. The topological polar surface area (TPSA) is 105 Å². The SMILES string of the molecule is Cn1c(=O)[nH]c(=O)c2c1nc(N1CCN(c3cccc(Cl)c3)CC1)n2CCCSc1nc2ccccc2o1. The smallest absolute Gasteiger partial charge is 0.329 e. The molecule has 0 spiro atoms. The summed E-state index contributed by atoms with van der Waals surface area (Å²) in [5.41, 5.74) is 2.58. The van der Waals surface area contributed by atoms with Gasteiger partial charge in [-0.1, -0.05) is 41.6 Å². The first kappa shape index (κ1) is 24.6. The van der Waals surface area contributed by atoms with Gasteiger partial charge in [0.1, 0.15) is 5.52 Å². The molecular weight excluding hydrogens is 526 g/mol. The van der Waals surface area contributed by atoms with E-state index in [1.165, 1.54) is 16.3 Å². The van der Waals surface area contributed by atoms with Gasteiger partial charge in [0.05, 0.1) is 0 Å². The zero-order valence-electron chi connectivity index (χ0n) is 20.8. The molecule has 0 saturated carbocycles.